The van der Waals surface area contributed by atoms with E-state index in [0.29, 0.717) is 6.42 Å². The number of carbonyl (C=O) groups excluding carboxylic acids is 1. The van der Waals surface area contributed by atoms with Gasteiger partial charge in [-0.1, -0.05) is 48.6 Å². The van der Waals surface area contributed by atoms with E-state index >= 15 is 0 Å². The van der Waals surface area contributed by atoms with Crippen LogP contribution in [0.25, 0.3) is 10.8 Å². The zero-order chi connectivity index (χ0) is 15.6. The lowest BCUT2D eigenvalue weighted by Gasteiger charge is -2.10. The van der Waals surface area contributed by atoms with Gasteiger partial charge in [-0.05, 0) is 37.6 Å². The highest BCUT2D eigenvalue weighted by molar-refractivity contribution is 5.88. The van der Waals surface area contributed by atoms with Crippen molar-refractivity contribution in [1.29, 1.82) is 0 Å². The summed E-state index contributed by atoms with van der Waals surface area (Å²) in [7, 11) is 0. The van der Waals surface area contributed by atoms with Gasteiger partial charge in [-0.15, -0.1) is 0 Å². The molecule has 0 spiro atoms. The number of amides is 1. The van der Waals surface area contributed by atoms with Crippen LogP contribution in [0.15, 0.2) is 54.6 Å². The van der Waals surface area contributed by atoms with Gasteiger partial charge in [0.1, 0.15) is 5.75 Å². The topological polar surface area (TPSA) is 38.3 Å². The molecule has 0 aliphatic carbocycles. The van der Waals surface area contributed by atoms with Gasteiger partial charge in [-0.25, -0.2) is 0 Å². The molecule has 116 valence electrons. The lowest BCUT2D eigenvalue weighted by molar-refractivity contribution is -0.122. The normalized spacial score (nSPS) is 11.0. The monoisotopic (exact) mass is 297 g/mol. The van der Waals surface area contributed by atoms with Crippen LogP contribution in [0.1, 0.15) is 32.6 Å². The zero-order valence-electron chi connectivity index (χ0n) is 13.0. The van der Waals surface area contributed by atoms with Crippen LogP contribution in [-0.4, -0.2) is 12.6 Å². The predicted octanol–water partition coefficient (Wildman–Crippen LogP) is 4.43. The molecule has 1 amide bonds. The van der Waals surface area contributed by atoms with E-state index in [1.165, 1.54) is 0 Å². The van der Waals surface area contributed by atoms with Gasteiger partial charge in [0.05, 0.1) is 0 Å². The summed E-state index contributed by atoms with van der Waals surface area (Å²) < 4.78 is 5.69. The first-order valence-corrected chi connectivity index (χ1v) is 7.79. The summed E-state index contributed by atoms with van der Waals surface area (Å²) in [4.78, 5) is 11.7. The summed E-state index contributed by atoms with van der Waals surface area (Å²) in [5.41, 5.74) is 0. The van der Waals surface area contributed by atoms with Gasteiger partial charge >= 0.3 is 0 Å². The van der Waals surface area contributed by atoms with Crippen molar-refractivity contribution >= 4 is 16.7 Å². The Morgan fingerprint density at radius 3 is 2.82 bits per heavy atom. The minimum Gasteiger partial charge on any atom is -0.473 e. The van der Waals surface area contributed by atoms with Gasteiger partial charge in [-0.3, -0.25) is 4.79 Å². The van der Waals surface area contributed by atoms with Crippen molar-refractivity contribution in [1.82, 2.24) is 5.32 Å². The lowest BCUT2D eigenvalue weighted by Crippen LogP contribution is -2.27. The van der Waals surface area contributed by atoms with E-state index in [1.807, 2.05) is 55.5 Å². The molecule has 0 heterocycles. The van der Waals surface area contributed by atoms with Gasteiger partial charge < -0.3 is 10.1 Å². The first-order chi connectivity index (χ1) is 10.8. The maximum atomic E-state index is 11.7. The van der Waals surface area contributed by atoms with Crippen LogP contribution in [0.5, 0.6) is 5.75 Å². The summed E-state index contributed by atoms with van der Waals surface area (Å²) in [6.07, 6.45) is 7.71. The Kier molecular flexibility index (Phi) is 6.49. The molecular formula is C19H23NO2. The molecular weight excluding hydrogens is 274 g/mol. The molecule has 3 heteroatoms. The van der Waals surface area contributed by atoms with E-state index in [1.54, 1.807) is 0 Å². The summed E-state index contributed by atoms with van der Waals surface area (Å²) in [5, 5.41) is 5.00. The van der Waals surface area contributed by atoms with Gasteiger partial charge in [-0.2, -0.15) is 0 Å². The van der Waals surface area contributed by atoms with E-state index in [0.717, 1.165) is 35.8 Å². The molecule has 2 aromatic rings. The van der Waals surface area contributed by atoms with Crippen LogP contribution < -0.4 is 10.1 Å². The van der Waals surface area contributed by atoms with Crippen molar-refractivity contribution in [2.75, 3.05) is 6.73 Å². The van der Waals surface area contributed by atoms with Gasteiger partial charge in [0, 0.05) is 11.8 Å². The summed E-state index contributed by atoms with van der Waals surface area (Å²) in [6, 6.07) is 14.0. The zero-order valence-corrected chi connectivity index (χ0v) is 13.0. The van der Waals surface area contributed by atoms with Crippen molar-refractivity contribution in [2.45, 2.75) is 32.6 Å². The number of unbranched alkanes of at least 4 members (excludes halogenated alkanes) is 2. The SMILES string of the molecule is CC=CCCCCC(=O)NCOc1cccc2ccccc12. The number of benzene rings is 2. The molecule has 0 aliphatic heterocycles. The van der Waals surface area contributed by atoms with Crippen molar-refractivity contribution < 1.29 is 9.53 Å². The molecule has 0 fully saturated rings. The van der Waals surface area contributed by atoms with Crippen molar-refractivity contribution in [3.8, 4) is 5.75 Å². The Morgan fingerprint density at radius 2 is 1.95 bits per heavy atom. The molecule has 2 aromatic carbocycles. The quantitative estimate of drug-likeness (QED) is 0.445. The van der Waals surface area contributed by atoms with Gasteiger partial charge in [0.2, 0.25) is 5.91 Å². The standard InChI is InChI=1S/C19H23NO2/c1-2-3-4-5-6-14-19(21)20-15-22-18-13-9-11-16-10-7-8-12-17(16)18/h2-3,7-13H,4-6,14-15H2,1H3,(H,20,21). The fourth-order valence-corrected chi connectivity index (χ4v) is 2.32. The molecule has 22 heavy (non-hydrogen) atoms. The van der Waals surface area contributed by atoms with E-state index < -0.39 is 0 Å². The molecule has 0 aliphatic rings. The third kappa shape index (κ3) is 4.92. The Labute approximate surface area is 132 Å². The second-order valence-electron chi connectivity index (χ2n) is 5.18. The van der Waals surface area contributed by atoms with Crippen molar-refractivity contribution in [2.24, 2.45) is 0 Å². The molecule has 0 saturated heterocycles. The Hall–Kier alpha value is -2.29. The van der Waals surface area contributed by atoms with Crippen LogP contribution in [0, 0.1) is 0 Å². The fraction of sp³-hybridized carbons (Fsp3) is 0.316. The average molecular weight is 297 g/mol. The molecule has 0 radical (unpaired) electrons. The lowest BCUT2D eigenvalue weighted by atomic mass is 10.1. The van der Waals surface area contributed by atoms with E-state index in [4.69, 9.17) is 4.74 Å². The minimum atomic E-state index is 0.0423. The van der Waals surface area contributed by atoms with Crippen molar-refractivity contribution in [3.63, 3.8) is 0 Å². The molecule has 0 atom stereocenters. The van der Waals surface area contributed by atoms with E-state index in [9.17, 15) is 4.79 Å². The molecule has 2 rings (SSSR count). The third-order valence-corrected chi connectivity index (χ3v) is 3.51. The number of nitrogens with one attached hydrogen (secondary N) is 1. The molecule has 0 saturated carbocycles. The number of hydrogen-bond acceptors (Lipinski definition) is 2. The van der Waals surface area contributed by atoms with Crippen molar-refractivity contribution in [3.05, 3.63) is 54.6 Å². The summed E-state index contributed by atoms with van der Waals surface area (Å²) in [5.74, 6) is 0.840. The molecule has 0 aromatic heterocycles. The Morgan fingerprint density at radius 1 is 1.14 bits per heavy atom. The molecule has 0 unspecified atom stereocenters. The Balaban J connectivity index is 1.74. The van der Waals surface area contributed by atoms with Gasteiger partial charge in [0.25, 0.3) is 0 Å². The highest BCUT2D eigenvalue weighted by Crippen LogP contribution is 2.24. The fourth-order valence-electron chi connectivity index (χ4n) is 2.32. The summed E-state index contributed by atoms with van der Waals surface area (Å²) in [6.45, 7) is 2.22. The van der Waals surface area contributed by atoms with E-state index in [-0.39, 0.29) is 12.6 Å². The number of allylic oxidation sites excluding steroid dienone is 2. The largest absolute Gasteiger partial charge is 0.473 e. The van der Waals surface area contributed by atoms with Crippen LogP contribution in [0.4, 0.5) is 0 Å². The summed E-state index contributed by atoms with van der Waals surface area (Å²) >= 11 is 0. The van der Waals surface area contributed by atoms with E-state index in [2.05, 4.69) is 11.4 Å². The molecule has 0 bridgehead atoms. The smallest absolute Gasteiger partial charge is 0.222 e. The first kappa shape index (κ1) is 16.1. The Bertz CT molecular complexity index is 629. The number of ether oxygens (including phenoxy) is 1. The third-order valence-electron chi connectivity index (χ3n) is 3.51. The molecule has 1 N–H and O–H groups in total. The highest BCUT2D eigenvalue weighted by atomic mass is 16.5. The average Bonchev–Trinajstić information content (AvgIpc) is 2.55. The first-order valence-electron chi connectivity index (χ1n) is 7.79. The van der Waals surface area contributed by atoms with Crippen LogP contribution in [-0.2, 0) is 4.79 Å². The predicted molar refractivity (Wildman–Crippen MR) is 90.9 cm³/mol. The van der Waals surface area contributed by atoms with Crippen LogP contribution in [0.2, 0.25) is 0 Å². The van der Waals surface area contributed by atoms with Gasteiger partial charge in [0.15, 0.2) is 6.73 Å². The maximum Gasteiger partial charge on any atom is 0.222 e. The maximum absolute atomic E-state index is 11.7. The second kappa shape index (κ2) is 8.88. The van der Waals surface area contributed by atoms with Crippen LogP contribution >= 0.6 is 0 Å². The number of rotatable bonds is 8. The molecule has 3 nitrogen and oxygen atoms in total. The van der Waals surface area contributed by atoms with Crippen LogP contribution in [0.3, 0.4) is 0 Å². The number of hydrogen-bond donors (Lipinski definition) is 1. The number of fused-ring (bicyclic) bond motifs is 1. The second-order valence-corrected chi connectivity index (χ2v) is 5.18. The minimum absolute atomic E-state index is 0.0423. The highest BCUT2D eigenvalue weighted by Gasteiger charge is 2.03. The number of carbonyl (C=O) groups is 1.